The van der Waals surface area contributed by atoms with Crippen LogP contribution in [0, 0.1) is 0 Å². The number of aryl methyl sites for hydroxylation is 1. The summed E-state index contributed by atoms with van der Waals surface area (Å²) < 4.78 is 32.8. The van der Waals surface area contributed by atoms with Crippen molar-refractivity contribution in [1.82, 2.24) is 24.6 Å². The number of nitrogens with one attached hydrogen (secondary N) is 1. The van der Waals surface area contributed by atoms with Crippen LogP contribution in [0.4, 0.5) is 0 Å². The van der Waals surface area contributed by atoms with E-state index in [0.717, 1.165) is 21.1 Å². The second kappa shape index (κ2) is 9.88. The molecule has 0 fully saturated rings. The number of nitrogens with zero attached hydrogens (tertiary/aromatic N) is 4. The Balaban J connectivity index is 1.51. The van der Waals surface area contributed by atoms with Gasteiger partial charge in [-0.05, 0) is 49.2 Å². The Morgan fingerprint density at radius 2 is 1.90 bits per heavy atom. The highest BCUT2D eigenvalue weighted by molar-refractivity contribution is 7.89. The summed E-state index contributed by atoms with van der Waals surface area (Å²) in [5.41, 5.74) is 2.23. The maximum atomic E-state index is 12.3. The molecule has 0 saturated carbocycles. The van der Waals surface area contributed by atoms with E-state index < -0.39 is 10.0 Å². The minimum atomic E-state index is -3.53. The van der Waals surface area contributed by atoms with Gasteiger partial charge in [0.25, 0.3) is 0 Å². The Morgan fingerprint density at radius 3 is 2.58 bits per heavy atom. The van der Waals surface area contributed by atoms with Gasteiger partial charge >= 0.3 is 0 Å². The van der Waals surface area contributed by atoms with E-state index in [9.17, 15) is 13.2 Å². The van der Waals surface area contributed by atoms with E-state index in [1.807, 2.05) is 31.2 Å². The summed E-state index contributed by atoms with van der Waals surface area (Å²) in [6.07, 6.45) is 0.941. The molecule has 31 heavy (non-hydrogen) atoms. The first-order chi connectivity index (χ1) is 14.8. The van der Waals surface area contributed by atoms with E-state index in [0.29, 0.717) is 38.1 Å². The van der Waals surface area contributed by atoms with Gasteiger partial charge in [-0.2, -0.15) is 0 Å². The fourth-order valence-corrected chi connectivity index (χ4v) is 3.96. The third-order valence-corrected chi connectivity index (χ3v) is 6.57. The zero-order valence-electron chi connectivity index (χ0n) is 17.9. The molecule has 0 unspecified atom stereocenters. The summed E-state index contributed by atoms with van der Waals surface area (Å²) in [6.45, 7) is 3.52. The van der Waals surface area contributed by atoms with E-state index in [1.165, 1.54) is 20.2 Å². The van der Waals surface area contributed by atoms with Crippen LogP contribution in [0.2, 0.25) is 0 Å². The summed E-state index contributed by atoms with van der Waals surface area (Å²) in [5, 5.41) is 11.1. The van der Waals surface area contributed by atoms with Crippen LogP contribution in [0.3, 0.4) is 0 Å². The molecule has 3 rings (SSSR count). The van der Waals surface area contributed by atoms with Crippen molar-refractivity contribution < 1.29 is 17.9 Å². The van der Waals surface area contributed by atoms with Crippen LogP contribution < -0.4 is 10.1 Å². The van der Waals surface area contributed by atoms with Crippen molar-refractivity contribution in [2.45, 2.75) is 37.8 Å². The first-order valence-corrected chi connectivity index (χ1v) is 11.5. The lowest BCUT2D eigenvalue weighted by Gasteiger charge is -2.11. The molecule has 0 saturated heterocycles. The predicted molar refractivity (Wildman–Crippen MR) is 117 cm³/mol. The fourth-order valence-electron chi connectivity index (χ4n) is 3.04. The topological polar surface area (TPSA) is 106 Å². The summed E-state index contributed by atoms with van der Waals surface area (Å²) in [7, 11) is -0.559. The van der Waals surface area contributed by atoms with E-state index in [4.69, 9.17) is 4.74 Å². The van der Waals surface area contributed by atoms with E-state index in [1.54, 1.807) is 16.8 Å². The lowest BCUT2D eigenvalue weighted by atomic mass is 10.2. The van der Waals surface area contributed by atoms with Gasteiger partial charge in [-0.1, -0.05) is 17.3 Å². The SMILES string of the molecule is CCOc1ccc(CNC(=O)CCCn2nnc3cc(S(=O)(=O)N(C)C)ccc32)cc1. The number of ether oxygens (including phenoxy) is 1. The van der Waals surface area contributed by atoms with Crippen LogP contribution in [0.5, 0.6) is 5.75 Å². The van der Waals surface area contributed by atoms with Crippen LogP contribution >= 0.6 is 0 Å². The number of benzene rings is 2. The molecule has 0 radical (unpaired) electrons. The van der Waals surface area contributed by atoms with E-state index in [-0.39, 0.29) is 10.8 Å². The van der Waals surface area contributed by atoms with Gasteiger partial charge in [-0.3, -0.25) is 4.79 Å². The highest BCUT2D eigenvalue weighted by Gasteiger charge is 2.18. The fraction of sp³-hybridized carbons (Fsp3) is 0.381. The number of fused-ring (bicyclic) bond motifs is 1. The maximum Gasteiger partial charge on any atom is 0.242 e. The second-order valence-corrected chi connectivity index (χ2v) is 9.36. The Kier molecular flexibility index (Phi) is 7.24. The number of hydrogen-bond acceptors (Lipinski definition) is 6. The van der Waals surface area contributed by atoms with Crippen LogP contribution in [0.25, 0.3) is 11.0 Å². The largest absolute Gasteiger partial charge is 0.494 e. The van der Waals surface area contributed by atoms with Gasteiger partial charge in [-0.15, -0.1) is 5.10 Å². The molecule has 0 atom stereocenters. The smallest absolute Gasteiger partial charge is 0.242 e. The molecule has 1 N–H and O–H groups in total. The standard InChI is InChI=1S/C21H27N5O4S/c1-4-30-17-9-7-16(8-10-17)15-22-21(27)6-5-13-26-20-12-11-18(14-19(20)23-24-26)31(28,29)25(2)3/h7-12,14H,4-6,13,15H2,1-3H3,(H,22,27). The molecule has 1 amide bonds. The Labute approximate surface area is 182 Å². The first kappa shape index (κ1) is 22.7. The van der Waals surface area contributed by atoms with Gasteiger partial charge in [0.15, 0.2) is 0 Å². The highest BCUT2D eigenvalue weighted by Crippen LogP contribution is 2.19. The van der Waals surface area contributed by atoms with Gasteiger partial charge < -0.3 is 10.1 Å². The Bertz CT molecular complexity index is 1140. The number of sulfonamides is 1. The molecule has 0 aliphatic rings. The normalized spacial score (nSPS) is 11.7. The highest BCUT2D eigenvalue weighted by atomic mass is 32.2. The molecule has 9 nitrogen and oxygen atoms in total. The number of hydrogen-bond donors (Lipinski definition) is 1. The lowest BCUT2D eigenvalue weighted by Crippen LogP contribution is -2.22. The lowest BCUT2D eigenvalue weighted by molar-refractivity contribution is -0.121. The second-order valence-electron chi connectivity index (χ2n) is 7.21. The summed E-state index contributed by atoms with van der Waals surface area (Å²) in [5.74, 6) is 0.765. The van der Waals surface area contributed by atoms with Crippen LogP contribution in [0.15, 0.2) is 47.4 Å². The van der Waals surface area contributed by atoms with Crippen molar-refractivity contribution in [1.29, 1.82) is 0 Å². The molecule has 1 heterocycles. The average molecular weight is 446 g/mol. The van der Waals surface area contributed by atoms with Crippen molar-refractivity contribution in [3.63, 3.8) is 0 Å². The molecule has 0 aliphatic carbocycles. The molecular weight excluding hydrogens is 418 g/mol. The minimum Gasteiger partial charge on any atom is -0.494 e. The van der Waals surface area contributed by atoms with Crippen LogP contribution in [0.1, 0.15) is 25.3 Å². The number of carbonyl (C=O) groups is 1. The van der Waals surface area contributed by atoms with Crippen LogP contribution in [-0.2, 0) is 27.9 Å². The van der Waals surface area contributed by atoms with Crippen molar-refractivity contribution in [3.05, 3.63) is 48.0 Å². The molecule has 166 valence electrons. The molecule has 0 spiro atoms. The van der Waals surface area contributed by atoms with Crippen molar-refractivity contribution >= 4 is 27.0 Å². The van der Waals surface area contributed by atoms with Gasteiger partial charge in [0, 0.05) is 33.6 Å². The molecule has 1 aromatic heterocycles. The monoisotopic (exact) mass is 445 g/mol. The molecular formula is C21H27N5O4S. The first-order valence-electron chi connectivity index (χ1n) is 10.1. The zero-order valence-corrected chi connectivity index (χ0v) is 18.7. The van der Waals surface area contributed by atoms with Gasteiger partial charge in [0.05, 0.1) is 17.0 Å². The van der Waals surface area contributed by atoms with Crippen LogP contribution in [-0.4, -0.2) is 54.3 Å². The number of rotatable bonds is 10. The molecule has 3 aromatic rings. The summed E-state index contributed by atoms with van der Waals surface area (Å²) in [6, 6.07) is 12.4. The van der Waals surface area contributed by atoms with Crippen molar-refractivity contribution in [2.75, 3.05) is 20.7 Å². The number of aromatic nitrogens is 3. The molecule has 2 aromatic carbocycles. The number of carbonyl (C=O) groups excluding carboxylic acids is 1. The van der Waals surface area contributed by atoms with Gasteiger partial charge in [0.2, 0.25) is 15.9 Å². The maximum absolute atomic E-state index is 12.3. The van der Waals surface area contributed by atoms with Crippen molar-refractivity contribution in [2.24, 2.45) is 0 Å². The third-order valence-electron chi connectivity index (χ3n) is 4.76. The minimum absolute atomic E-state index is 0.0438. The van der Waals surface area contributed by atoms with Crippen molar-refractivity contribution in [3.8, 4) is 5.75 Å². The summed E-state index contributed by atoms with van der Waals surface area (Å²) >= 11 is 0. The molecule has 10 heteroatoms. The Hall–Kier alpha value is -2.98. The quantitative estimate of drug-likeness (QED) is 0.513. The van der Waals surface area contributed by atoms with Gasteiger partial charge in [-0.25, -0.2) is 17.4 Å². The van der Waals surface area contributed by atoms with Gasteiger partial charge in [0.1, 0.15) is 11.3 Å². The molecule has 0 bridgehead atoms. The van der Waals surface area contributed by atoms with E-state index >= 15 is 0 Å². The zero-order chi connectivity index (χ0) is 22.4. The third kappa shape index (κ3) is 5.59. The summed E-state index contributed by atoms with van der Waals surface area (Å²) in [4.78, 5) is 12.3. The Morgan fingerprint density at radius 1 is 1.16 bits per heavy atom. The average Bonchev–Trinajstić information content (AvgIpc) is 3.15. The molecule has 0 aliphatic heterocycles. The number of amides is 1. The predicted octanol–water partition coefficient (Wildman–Crippen LogP) is 2.18. The van der Waals surface area contributed by atoms with E-state index in [2.05, 4.69) is 15.6 Å².